The molecule has 1 aliphatic carbocycles. The van der Waals surface area contributed by atoms with E-state index in [0.29, 0.717) is 18.8 Å². The topological polar surface area (TPSA) is 69.7 Å². The zero-order valence-corrected chi connectivity index (χ0v) is 18.3. The molecule has 0 bridgehead atoms. The first-order chi connectivity index (χ1) is 14.4. The van der Waals surface area contributed by atoms with Crippen LogP contribution in [-0.4, -0.2) is 80.9 Å². The lowest BCUT2D eigenvalue weighted by Crippen LogP contribution is -2.53. The maximum Gasteiger partial charge on any atom is 0.234 e. The maximum absolute atomic E-state index is 13.3. The molecule has 3 fully saturated rings. The predicted octanol–water partition coefficient (Wildman–Crippen LogP) is 1.56. The van der Waals surface area contributed by atoms with Crippen LogP contribution >= 0.6 is 0 Å². The highest BCUT2D eigenvalue weighted by molar-refractivity contribution is 7.91. The molecule has 1 atom stereocenters. The van der Waals surface area contributed by atoms with Crippen LogP contribution < -0.4 is 5.32 Å². The van der Waals surface area contributed by atoms with Crippen molar-refractivity contribution in [2.24, 2.45) is 0 Å². The van der Waals surface area contributed by atoms with E-state index in [1.165, 1.54) is 12.1 Å². The molecule has 4 rings (SSSR count). The van der Waals surface area contributed by atoms with Crippen LogP contribution in [0.3, 0.4) is 0 Å². The van der Waals surface area contributed by atoms with Gasteiger partial charge in [0.15, 0.2) is 9.84 Å². The van der Waals surface area contributed by atoms with Crippen molar-refractivity contribution in [3.8, 4) is 0 Å². The Morgan fingerprint density at radius 1 is 1.10 bits per heavy atom. The molecule has 0 radical (unpaired) electrons. The summed E-state index contributed by atoms with van der Waals surface area (Å²) >= 11 is 0. The van der Waals surface area contributed by atoms with Crippen molar-refractivity contribution in [3.05, 3.63) is 35.6 Å². The van der Waals surface area contributed by atoms with Crippen LogP contribution in [-0.2, 0) is 20.0 Å². The van der Waals surface area contributed by atoms with Gasteiger partial charge < -0.3 is 5.32 Å². The fourth-order valence-electron chi connectivity index (χ4n) is 5.30. The molecule has 0 spiro atoms. The number of carbonyl (C=O) groups excluding carboxylic acids is 1. The summed E-state index contributed by atoms with van der Waals surface area (Å²) in [7, 11) is -2.86. The summed E-state index contributed by atoms with van der Waals surface area (Å²) < 4.78 is 36.8. The van der Waals surface area contributed by atoms with Crippen LogP contribution in [0.1, 0.15) is 37.7 Å². The Bertz CT molecular complexity index is 845. The van der Waals surface area contributed by atoms with Gasteiger partial charge in [-0.3, -0.25) is 14.6 Å². The van der Waals surface area contributed by atoms with Crippen molar-refractivity contribution in [2.75, 3.05) is 50.8 Å². The van der Waals surface area contributed by atoms with E-state index in [1.807, 2.05) is 12.1 Å². The molecular formula is C22H32FN3O3S. The Balaban J connectivity index is 1.25. The fourth-order valence-corrected chi connectivity index (χ4v) is 7.06. The summed E-state index contributed by atoms with van der Waals surface area (Å²) in [6.45, 7) is 4.16. The Kier molecular flexibility index (Phi) is 6.46. The average Bonchev–Trinajstić information content (AvgIpc) is 3.35. The van der Waals surface area contributed by atoms with Gasteiger partial charge in [0.25, 0.3) is 0 Å². The minimum Gasteiger partial charge on any atom is -0.354 e. The smallest absolute Gasteiger partial charge is 0.234 e. The van der Waals surface area contributed by atoms with Gasteiger partial charge in [-0.25, -0.2) is 12.8 Å². The van der Waals surface area contributed by atoms with E-state index in [4.69, 9.17) is 0 Å². The molecule has 1 amide bonds. The van der Waals surface area contributed by atoms with Crippen LogP contribution in [0, 0.1) is 5.82 Å². The molecule has 0 aromatic heterocycles. The minimum atomic E-state index is -2.86. The minimum absolute atomic E-state index is 0.0280. The first-order valence-corrected chi connectivity index (χ1v) is 12.9. The number of carbonyl (C=O) groups is 1. The van der Waals surface area contributed by atoms with Crippen molar-refractivity contribution in [3.63, 3.8) is 0 Å². The lowest BCUT2D eigenvalue weighted by Gasteiger charge is -2.37. The fraction of sp³-hybridized carbons (Fsp3) is 0.682. The second kappa shape index (κ2) is 8.93. The van der Waals surface area contributed by atoms with Crippen molar-refractivity contribution in [1.82, 2.24) is 15.1 Å². The number of rotatable bonds is 6. The molecular weight excluding hydrogens is 405 g/mol. The van der Waals surface area contributed by atoms with E-state index in [2.05, 4.69) is 15.1 Å². The molecule has 30 heavy (non-hydrogen) atoms. The van der Waals surface area contributed by atoms with E-state index >= 15 is 0 Å². The standard InChI is InChI=1S/C22H32FN3O3S/c23-19-5-3-18(4-6-19)22(8-1-2-9-22)17-24-21(27)15-25-10-12-26(13-11-25)20-7-14-30(28,29)16-20/h3-6,20H,1-2,7-17H2,(H,24,27). The highest BCUT2D eigenvalue weighted by Gasteiger charge is 2.36. The molecule has 2 saturated heterocycles. The second-order valence-electron chi connectivity index (χ2n) is 9.14. The van der Waals surface area contributed by atoms with Crippen molar-refractivity contribution in [1.29, 1.82) is 0 Å². The number of hydrogen-bond acceptors (Lipinski definition) is 5. The van der Waals surface area contributed by atoms with Crippen LogP contribution in [0.15, 0.2) is 24.3 Å². The van der Waals surface area contributed by atoms with Crippen LogP contribution in [0.25, 0.3) is 0 Å². The number of hydrogen-bond donors (Lipinski definition) is 1. The second-order valence-corrected chi connectivity index (χ2v) is 11.4. The zero-order valence-electron chi connectivity index (χ0n) is 17.5. The number of amides is 1. The zero-order chi connectivity index (χ0) is 21.2. The first-order valence-electron chi connectivity index (χ1n) is 11.0. The Morgan fingerprint density at radius 2 is 1.77 bits per heavy atom. The monoisotopic (exact) mass is 437 g/mol. The van der Waals surface area contributed by atoms with Gasteiger partial charge in [0, 0.05) is 44.2 Å². The number of benzene rings is 1. The first kappa shape index (κ1) is 21.7. The van der Waals surface area contributed by atoms with Crippen molar-refractivity contribution in [2.45, 2.75) is 43.6 Å². The summed E-state index contributed by atoms with van der Waals surface area (Å²) in [5.41, 5.74) is 1.03. The molecule has 166 valence electrons. The van der Waals surface area contributed by atoms with Gasteiger partial charge in [-0.2, -0.15) is 0 Å². The van der Waals surface area contributed by atoms with Crippen molar-refractivity contribution >= 4 is 15.7 Å². The quantitative estimate of drug-likeness (QED) is 0.732. The van der Waals surface area contributed by atoms with E-state index in [9.17, 15) is 17.6 Å². The van der Waals surface area contributed by atoms with Gasteiger partial charge in [-0.05, 0) is 37.0 Å². The third kappa shape index (κ3) is 5.03. The van der Waals surface area contributed by atoms with E-state index in [0.717, 1.165) is 63.8 Å². The van der Waals surface area contributed by atoms with Crippen LogP contribution in [0.4, 0.5) is 4.39 Å². The van der Waals surface area contributed by atoms with Gasteiger partial charge in [0.1, 0.15) is 5.82 Å². The van der Waals surface area contributed by atoms with Crippen LogP contribution in [0.2, 0.25) is 0 Å². The summed E-state index contributed by atoms with van der Waals surface area (Å²) in [4.78, 5) is 17.0. The van der Waals surface area contributed by atoms with E-state index in [1.54, 1.807) is 0 Å². The summed E-state index contributed by atoms with van der Waals surface area (Å²) in [6.07, 6.45) is 5.02. The molecule has 2 aliphatic heterocycles. The molecule has 1 N–H and O–H groups in total. The number of sulfone groups is 1. The molecule has 1 unspecified atom stereocenters. The number of halogens is 1. The lowest BCUT2D eigenvalue weighted by atomic mass is 9.79. The molecule has 1 aromatic carbocycles. The molecule has 1 saturated carbocycles. The predicted molar refractivity (Wildman–Crippen MR) is 115 cm³/mol. The van der Waals surface area contributed by atoms with Crippen molar-refractivity contribution < 1.29 is 17.6 Å². The Morgan fingerprint density at radius 3 is 2.37 bits per heavy atom. The summed E-state index contributed by atoms with van der Waals surface area (Å²) in [6, 6.07) is 6.87. The van der Waals surface area contributed by atoms with Gasteiger partial charge in [-0.15, -0.1) is 0 Å². The molecule has 6 nitrogen and oxygen atoms in total. The van der Waals surface area contributed by atoms with Crippen LogP contribution in [0.5, 0.6) is 0 Å². The molecule has 1 aromatic rings. The van der Waals surface area contributed by atoms with Gasteiger partial charge in [0.05, 0.1) is 18.1 Å². The molecule has 2 heterocycles. The summed E-state index contributed by atoms with van der Waals surface area (Å²) in [5, 5.41) is 3.14. The Labute approximate surface area is 178 Å². The normalized spacial score (nSPS) is 26.6. The highest BCUT2D eigenvalue weighted by Crippen LogP contribution is 2.40. The van der Waals surface area contributed by atoms with Gasteiger partial charge >= 0.3 is 0 Å². The van der Waals surface area contributed by atoms with Gasteiger partial charge in [0.2, 0.25) is 5.91 Å². The van der Waals surface area contributed by atoms with E-state index < -0.39 is 9.84 Å². The molecule has 3 aliphatic rings. The number of nitrogens with one attached hydrogen (secondary N) is 1. The summed E-state index contributed by atoms with van der Waals surface area (Å²) in [5.74, 6) is 0.375. The SMILES string of the molecule is O=C(CN1CCN(C2CCS(=O)(=O)C2)CC1)NCC1(c2ccc(F)cc2)CCCC1. The Hall–Kier alpha value is -1.51. The number of nitrogens with zero attached hydrogens (tertiary/aromatic N) is 2. The third-order valence-corrected chi connectivity index (χ3v) is 8.89. The number of piperazine rings is 1. The maximum atomic E-state index is 13.3. The molecule has 8 heteroatoms. The third-order valence-electron chi connectivity index (χ3n) is 7.14. The van der Waals surface area contributed by atoms with Gasteiger partial charge in [-0.1, -0.05) is 25.0 Å². The average molecular weight is 438 g/mol. The largest absolute Gasteiger partial charge is 0.354 e. The van der Waals surface area contributed by atoms with E-state index in [-0.39, 0.29) is 28.9 Å². The lowest BCUT2D eigenvalue weighted by molar-refractivity contribution is -0.123. The highest BCUT2D eigenvalue weighted by atomic mass is 32.2.